The molecule has 1 rings (SSSR count). The van der Waals surface area contributed by atoms with Crippen LogP contribution in [0.5, 0.6) is 0 Å². The lowest BCUT2D eigenvalue weighted by molar-refractivity contribution is 0.0698. The minimum absolute atomic E-state index is 0.205. The van der Waals surface area contributed by atoms with Gasteiger partial charge in [-0.15, -0.1) is 0 Å². The molecule has 4 N–H and O–H groups in total. The Labute approximate surface area is 118 Å². The standard InChI is InChI=1S/C14H22FN3O2/c1-3-8-18(4-2)9-7-17-11-6-5-10(15)13(16)12(11)14(19)20/h5-6,17H,3-4,7-9,16H2,1-2H3,(H,19,20). The fourth-order valence-corrected chi connectivity index (χ4v) is 2.06. The van der Waals surface area contributed by atoms with Gasteiger partial charge in [-0.05, 0) is 31.6 Å². The molecule has 0 aliphatic heterocycles. The Hall–Kier alpha value is -1.82. The summed E-state index contributed by atoms with van der Waals surface area (Å²) in [5.41, 5.74) is 5.30. The molecule has 0 aromatic heterocycles. The number of aromatic carboxylic acids is 1. The number of anilines is 2. The molecule has 0 amide bonds. The van der Waals surface area contributed by atoms with Crippen LogP contribution in [0.2, 0.25) is 0 Å². The average molecular weight is 283 g/mol. The summed E-state index contributed by atoms with van der Waals surface area (Å²) in [6, 6.07) is 2.58. The molecular weight excluding hydrogens is 261 g/mol. The number of rotatable bonds is 8. The second-order valence-electron chi connectivity index (χ2n) is 4.55. The summed E-state index contributed by atoms with van der Waals surface area (Å²) in [5, 5.41) is 12.1. The van der Waals surface area contributed by atoms with Gasteiger partial charge in [-0.25, -0.2) is 9.18 Å². The van der Waals surface area contributed by atoms with Crippen molar-refractivity contribution in [2.24, 2.45) is 0 Å². The third-order valence-corrected chi connectivity index (χ3v) is 3.14. The number of halogens is 1. The van der Waals surface area contributed by atoms with Crippen molar-refractivity contribution in [1.82, 2.24) is 4.90 Å². The van der Waals surface area contributed by atoms with E-state index in [4.69, 9.17) is 10.8 Å². The molecule has 1 aromatic carbocycles. The van der Waals surface area contributed by atoms with Crippen molar-refractivity contribution in [3.63, 3.8) is 0 Å². The van der Waals surface area contributed by atoms with Crippen LogP contribution in [-0.2, 0) is 0 Å². The molecule has 20 heavy (non-hydrogen) atoms. The van der Waals surface area contributed by atoms with E-state index < -0.39 is 11.8 Å². The highest BCUT2D eigenvalue weighted by atomic mass is 19.1. The van der Waals surface area contributed by atoms with E-state index in [0.717, 1.165) is 26.1 Å². The lowest BCUT2D eigenvalue weighted by Gasteiger charge is -2.20. The average Bonchev–Trinajstić information content (AvgIpc) is 2.41. The summed E-state index contributed by atoms with van der Waals surface area (Å²) in [7, 11) is 0. The second kappa shape index (κ2) is 7.69. The zero-order valence-electron chi connectivity index (χ0n) is 11.9. The van der Waals surface area contributed by atoms with Crippen LogP contribution >= 0.6 is 0 Å². The highest BCUT2D eigenvalue weighted by Gasteiger charge is 2.17. The van der Waals surface area contributed by atoms with Gasteiger partial charge < -0.3 is 21.1 Å². The molecule has 0 spiro atoms. The number of hydrogen-bond acceptors (Lipinski definition) is 4. The number of carboxylic acids is 1. The van der Waals surface area contributed by atoms with Crippen molar-refractivity contribution in [2.45, 2.75) is 20.3 Å². The Morgan fingerprint density at radius 3 is 2.65 bits per heavy atom. The number of likely N-dealkylation sites (N-methyl/N-ethyl adjacent to an activating group) is 1. The summed E-state index contributed by atoms with van der Waals surface area (Å²) in [4.78, 5) is 13.4. The Morgan fingerprint density at radius 2 is 2.10 bits per heavy atom. The van der Waals surface area contributed by atoms with Crippen molar-refractivity contribution in [2.75, 3.05) is 37.2 Å². The van der Waals surface area contributed by atoms with Gasteiger partial charge >= 0.3 is 5.97 Å². The first-order valence-corrected chi connectivity index (χ1v) is 6.78. The molecular formula is C14H22FN3O2. The number of nitrogens with zero attached hydrogens (tertiary/aromatic N) is 1. The van der Waals surface area contributed by atoms with E-state index in [1.807, 2.05) is 0 Å². The van der Waals surface area contributed by atoms with Crippen LogP contribution in [0.25, 0.3) is 0 Å². The summed E-state index contributed by atoms with van der Waals surface area (Å²) < 4.78 is 13.3. The second-order valence-corrected chi connectivity index (χ2v) is 4.55. The van der Waals surface area contributed by atoms with Gasteiger partial charge in [0.05, 0.1) is 11.4 Å². The van der Waals surface area contributed by atoms with E-state index in [0.29, 0.717) is 12.2 Å². The summed E-state index contributed by atoms with van der Waals surface area (Å²) in [6.45, 7) is 7.50. The van der Waals surface area contributed by atoms with Crippen LogP contribution in [0.15, 0.2) is 12.1 Å². The largest absolute Gasteiger partial charge is 0.478 e. The maximum absolute atomic E-state index is 13.3. The number of hydrogen-bond donors (Lipinski definition) is 3. The number of nitrogen functional groups attached to an aromatic ring is 1. The van der Waals surface area contributed by atoms with Crippen molar-refractivity contribution >= 4 is 17.3 Å². The Bertz CT molecular complexity index is 466. The zero-order valence-corrected chi connectivity index (χ0v) is 11.9. The van der Waals surface area contributed by atoms with Crippen LogP contribution < -0.4 is 11.1 Å². The number of benzene rings is 1. The molecule has 0 fully saturated rings. The van der Waals surface area contributed by atoms with Gasteiger partial charge in [0.15, 0.2) is 0 Å². The molecule has 0 aliphatic rings. The van der Waals surface area contributed by atoms with Crippen molar-refractivity contribution in [1.29, 1.82) is 0 Å². The van der Waals surface area contributed by atoms with Crippen LogP contribution in [0.3, 0.4) is 0 Å². The first-order chi connectivity index (χ1) is 9.51. The molecule has 1 aromatic rings. The lowest BCUT2D eigenvalue weighted by Crippen LogP contribution is -2.30. The van der Waals surface area contributed by atoms with Gasteiger partial charge in [0.25, 0.3) is 0 Å². The minimum Gasteiger partial charge on any atom is -0.478 e. The lowest BCUT2D eigenvalue weighted by atomic mass is 10.1. The molecule has 0 radical (unpaired) electrons. The predicted octanol–water partition coefficient (Wildman–Crippen LogP) is 2.25. The molecule has 0 saturated heterocycles. The highest BCUT2D eigenvalue weighted by Crippen LogP contribution is 2.24. The van der Waals surface area contributed by atoms with Crippen molar-refractivity contribution in [3.8, 4) is 0 Å². The van der Waals surface area contributed by atoms with Gasteiger partial charge in [0, 0.05) is 13.1 Å². The number of nitrogens with two attached hydrogens (primary N) is 1. The molecule has 112 valence electrons. The molecule has 0 saturated carbocycles. The number of carboxylic acid groups (broad SMARTS) is 1. The van der Waals surface area contributed by atoms with E-state index in [9.17, 15) is 9.18 Å². The molecule has 0 unspecified atom stereocenters. The zero-order chi connectivity index (χ0) is 15.1. The van der Waals surface area contributed by atoms with Gasteiger partial charge in [0.1, 0.15) is 11.4 Å². The molecule has 0 bridgehead atoms. The van der Waals surface area contributed by atoms with E-state index >= 15 is 0 Å². The van der Waals surface area contributed by atoms with Crippen LogP contribution in [0, 0.1) is 5.82 Å². The monoisotopic (exact) mass is 283 g/mol. The molecule has 6 heteroatoms. The molecule has 0 heterocycles. The summed E-state index contributed by atoms with van der Waals surface area (Å²) in [5.74, 6) is -1.94. The normalized spacial score (nSPS) is 10.8. The van der Waals surface area contributed by atoms with E-state index in [1.54, 1.807) is 0 Å². The van der Waals surface area contributed by atoms with E-state index in [2.05, 4.69) is 24.1 Å². The molecule has 5 nitrogen and oxygen atoms in total. The van der Waals surface area contributed by atoms with Crippen LogP contribution in [0.1, 0.15) is 30.6 Å². The van der Waals surface area contributed by atoms with Crippen LogP contribution in [-0.4, -0.2) is 42.2 Å². The maximum Gasteiger partial charge on any atom is 0.340 e. The first-order valence-electron chi connectivity index (χ1n) is 6.78. The fraction of sp³-hybridized carbons (Fsp3) is 0.500. The van der Waals surface area contributed by atoms with Gasteiger partial charge in [-0.2, -0.15) is 0 Å². The Kier molecular flexibility index (Phi) is 6.24. The van der Waals surface area contributed by atoms with Gasteiger partial charge in [0.2, 0.25) is 0 Å². The summed E-state index contributed by atoms with van der Waals surface area (Å²) >= 11 is 0. The van der Waals surface area contributed by atoms with Gasteiger partial charge in [-0.3, -0.25) is 0 Å². The Balaban J connectivity index is 2.73. The third-order valence-electron chi connectivity index (χ3n) is 3.14. The summed E-state index contributed by atoms with van der Waals surface area (Å²) in [6.07, 6.45) is 1.07. The van der Waals surface area contributed by atoms with E-state index in [1.165, 1.54) is 12.1 Å². The third kappa shape index (κ3) is 4.09. The SMILES string of the molecule is CCCN(CC)CCNc1ccc(F)c(N)c1C(=O)O. The first kappa shape index (κ1) is 16.2. The number of nitrogens with one attached hydrogen (secondary N) is 1. The van der Waals surface area contributed by atoms with E-state index in [-0.39, 0.29) is 11.3 Å². The van der Waals surface area contributed by atoms with Crippen LogP contribution in [0.4, 0.5) is 15.8 Å². The molecule has 0 aliphatic carbocycles. The number of carbonyl (C=O) groups is 1. The van der Waals surface area contributed by atoms with Gasteiger partial charge in [-0.1, -0.05) is 13.8 Å². The fourth-order valence-electron chi connectivity index (χ4n) is 2.06. The quantitative estimate of drug-likeness (QED) is 0.638. The van der Waals surface area contributed by atoms with Crippen molar-refractivity contribution in [3.05, 3.63) is 23.5 Å². The highest BCUT2D eigenvalue weighted by molar-refractivity contribution is 6.00. The topological polar surface area (TPSA) is 78.6 Å². The smallest absolute Gasteiger partial charge is 0.340 e. The minimum atomic E-state index is -1.23. The maximum atomic E-state index is 13.3. The predicted molar refractivity (Wildman–Crippen MR) is 78.7 cm³/mol. The molecule has 0 atom stereocenters. The Morgan fingerprint density at radius 1 is 1.40 bits per heavy atom. The van der Waals surface area contributed by atoms with Crippen molar-refractivity contribution < 1.29 is 14.3 Å².